The molecule has 1 atom stereocenters. The van der Waals surface area contributed by atoms with Gasteiger partial charge in [-0.2, -0.15) is 0 Å². The first-order chi connectivity index (χ1) is 10.6. The molecule has 0 aromatic heterocycles. The summed E-state index contributed by atoms with van der Waals surface area (Å²) in [4.78, 5) is 14.0. The number of carbonyl (C=O) groups excluding carboxylic acids is 1. The first-order valence-corrected chi connectivity index (χ1v) is 8.05. The van der Waals surface area contributed by atoms with Gasteiger partial charge in [-0.25, -0.2) is 4.79 Å². The third kappa shape index (κ3) is 4.37. The van der Waals surface area contributed by atoms with E-state index in [0.29, 0.717) is 24.8 Å². The number of carbonyl (C=O) groups is 1. The molecule has 0 fully saturated rings. The minimum absolute atomic E-state index is 0.328. The molecule has 22 heavy (non-hydrogen) atoms. The molecule has 1 aliphatic heterocycles. The maximum absolute atomic E-state index is 11.6. The van der Waals surface area contributed by atoms with E-state index in [0.717, 1.165) is 37.2 Å². The molecule has 1 aliphatic rings. The molecule has 0 spiro atoms. The van der Waals surface area contributed by atoms with Crippen LogP contribution in [0.2, 0.25) is 0 Å². The summed E-state index contributed by atoms with van der Waals surface area (Å²) < 4.78 is 11.1. The zero-order chi connectivity index (χ0) is 15.9. The lowest BCUT2D eigenvalue weighted by Gasteiger charge is -2.19. The number of fused-ring (bicyclic) bond motifs is 1. The van der Waals surface area contributed by atoms with Gasteiger partial charge < -0.3 is 19.7 Å². The van der Waals surface area contributed by atoms with Crippen LogP contribution in [-0.2, 0) is 0 Å². The van der Waals surface area contributed by atoms with Gasteiger partial charge in [0.05, 0.1) is 6.61 Å². The van der Waals surface area contributed by atoms with Crippen molar-refractivity contribution in [3.63, 3.8) is 0 Å². The maximum atomic E-state index is 11.6. The van der Waals surface area contributed by atoms with Crippen LogP contribution in [-0.4, -0.2) is 44.3 Å². The number of likely N-dealkylation sites (N-methyl/N-ethyl adjacent to an activating group) is 1. The number of rotatable bonds is 7. The Bertz CT molecular complexity index is 505. The predicted molar refractivity (Wildman–Crippen MR) is 86.8 cm³/mol. The topological polar surface area (TPSA) is 50.8 Å². The van der Waals surface area contributed by atoms with Crippen molar-refractivity contribution < 1.29 is 14.3 Å². The predicted octanol–water partition coefficient (Wildman–Crippen LogP) is 3.00. The summed E-state index contributed by atoms with van der Waals surface area (Å²) >= 11 is 0. The molecule has 122 valence electrons. The van der Waals surface area contributed by atoms with Gasteiger partial charge in [-0.15, -0.1) is 0 Å². The molecule has 1 heterocycles. The largest absolute Gasteiger partial charge is 0.493 e. The fourth-order valence-corrected chi connectivity index (χ4v) is 2.69. The molecule has 5 heteroatoms. The van der Waals surface area contributed by atoms with Gasteiger partial charge in [-0.05, 0) is 44.6 Å². The van der Waals surface area contributed by atoms with E-state index < -0.39 is 6.09 Å². The molecule has 1 unspecified atom stereocenters. The van der Waals surface area contributed by atoms with Gasteiger partial charge in [0.15, 0.2) is 0 Å². The van der Waals surface area contributed by atoms with E-state index >= 15 is 0 Å². The molecular weight excluding hydrogens is 280 g/mol. The van der Waals surface area contributed by atoms with Crippen molar-refractivity contribution in [3.05, 3.63) is 23.8 Å². The Kier molecular flexibility index (Phi) is 6.07. The lowest BCUT2D eigenvalue weighted by atomic mass is 10.0. The Morgan fingerprint density at radius 1 is 1.41 bits per heavy atom. The molecule has 1 amide bonds. The van der Waals surface area contributed by atoms with E-state index in [1.165, 1.54) is 0 Å². The van der Waals surface area contributed by atoms with Gasteiger partial charge in [-0.3, -0.25) is 0 Å². The molecular formula is C17H26N2O3. The van der Waals surface area contributed by atoms with Gasteiger partial charge in [0.2, 0.25) is 0 Å². The Morgan fingerprint density at radius 3 is 2.95 bits per heavy atom. The van der Waals surface area contributed by atoms with Crippen molar-refractivity contribution in [3.8, 4) is 11.5 Å². The van der Waals surface area contributed by atoms with Crippen LogP contribution in [0.3, 0.4) is 0 Å². The highest BCUT2D eigenvalue weighted by Gasteiger charge is 2.26. The summed E-state index contributed by atoms with van der Waals surface area (Å²) in [6, 6.07) is 5.60. The van der Waals surface area contributed by atoms with Gasteiger partial charge in [-0.1, -0.05) is 13.8 Å². The van der Waals surface area contributed by atoms with Crippen molar-refractivity contribution >= 4 is 6.09 Å². The first-order valence-electron chi connectivity index (χ1n) is 8.05. The normalized spacial score (nSPS) is 16.3. The van der Waals surface area contributed by atoms with Crippen LogP contribution >= 0.6 is 0 Å². The summed E-state index contributed by atoms with van der Waals surface area (Å²) in [5.74, 6) is 1.80. The second-order valence-electron chi connectivity index (χ2n) is 5.79. The van der Waals surface area contributed by atoms with E-state index in [1.807, 2.05) is 19.1 Å². The molecule has 0 saturated heterocycles. The average Bonchev–Trinajstić information content (AvgIpc) is 2.88. The van der Waals surface area contributed by atoms with Crippen molar-refractivity contribution in [2.24, 2.45) is 0 Å². The van der Waals surface area contributed by atoms with E-state index in [1.54, 1.807) is 6.07 Å². The quantitative estimate of drug-likeness (QED) is 0.841. The Balaban J connectivity index is 2.01. The van der Waals surface area contributed by atoms with E-state index in [4.69, 9.17) is 9.47 Å². The lowest BCUT2D eigenvalue weighted by Crippen LogP contribution is -2.27. The fraction of sp³-hybridized carbons (Fsp3) is 0.588. The number of ether oxygens (including phenoxy) is 2. The van der Waals surface area contributed by atoms with Gasteiger partial charge in [0, 0.05) is 24.6 Å². The van der Waals surface area contributed by atoms with Gasteiger partial charge >= 0.3 is 6.09 Å². The van der Waals surface area contributed by atoms with Crippen molar-refractivity contribution in [1.29, 1.82) is 0 Å². The lowest BCUT2D eigenvalue weighted by molar-refractivity contribution is 0.200. The van der Waals surface area contributed by atoms with Crippen LogP contribution in [0.1, 0.15) is 38.2 Å². The fourth-order valence-electron chi connectivity index (χ4n) is 2.69. The van der Waals surface area contributed by atoms with E-state index in [-0.39, 0.29) is 0 Å². The van der Waals surface area contributed by atoms with Crippen molar-refractivity contribution in [2.45, 2.75) is 32.6 Å². The molecule has 1 N–H and O–H groups in total. The van der Waals surface area contributed by atoms with Crippen LogP contribution in [0.25, 0.3) is 0 Å². The van der Waals surface area contributed by atoms with E-state index in [9.17, 15) is 4.79 Å². The number of nitrogens with one attached hydrogen (secondary N) is 1. The SMILES string of the molecule is CCCNC(=O)Oc1ccc2c(c1)C(CN(C)CCC)CO2. The molecule has 1 aromatic rings. The Hall–Kier alpha value is -1.75. The average molecular weight is 306 g/mol. The van der Waals surface area contributed by atoms with Gasteiger partial charge in [0.1, 0.15) is 11.5 Å². The van der Waals surface area contributed by atoms with Crippen molar-refractivity contribution in [1.82, 2.24) is 10.2 Å². The Labute approximate surface area is 132 Å². The maximum Gasteiger partial charge on any atom is 0.412 e. The number of amides is 1. The number of hydrogen-bond acceptors (Lipinski definition) is 4. The summed E-state index contributed by atoms with van der Waals surface area (Å²) in [5.41, 5.74) is 1.13. The second-order valence-corrected chi connectivity index (χ2v) is 5.79. The highest BCUT2D eigenvalue weighted by atomic mass is 16.6. The molecule has 2 rings (SSSR count). The number of benzene rings is 1. The molecule has 0 bridgehead atoms. The monoisotopic (exact) mass is 306 g/mol. The van der Waals surface area contributed by atoms with Crippen LogP contribution in [0, 0.1) is 0 Å². The molecule has 0 radical (unpaired) electrons. The molecule has 0 saturated carbocycles. The van der Waals surface area contributed by atoms with Crippen LogP contribution in [0.4, 0.5) is 4.79 Å². The minimum Gasteiger partial charge on any atom is -0.493 e. The standard InChI is InChI=1S/C17H26N2O3/c1-4-8-18-17(20)22-14-6-7-16-15(10-14)13(12-21-16)11-19(3)9-5-2/h6-7,10,13H,4-5,8-9,11-12H2,1-3H3,(H,18,20). The van der Waals surface area contributed by atoms with Gasteiger partial charge in [0.25, 0.3) is 0 Å². The smallest absolute Gasteiger partial charge is 0.412 e. The molecule has 0 aliphatic carbocycles. The second kappa shape index (κ2) is 8.03. The third-order valence-corrected chi connectivity index (χ3v) is 3.73. The zero-order valence-electron chi connectivity index (χ0n) is 13.7. The highest BCUT2D eigenvalue weighted by molar-refractivity contribution is 5.70. The van der Waals surface area contributed by atoms with Crippen molar-refractivity contribution in [2.75, 3.05) is 33.3 Å². The summed E-state index contributed by atoms with van der Waals surface area (Å²) in [7, 11) is 2.13. The van der Waals surface area contributed by atoms with Crippen LogP contribution in [0.5, 0.6) is 11.5 Å². The molecule has 5 nitrogen and oxygen atoms in total. The number of nitrogens with zero attached hydrogens (tertiary/aromatic N) is 1. The van der Waals surface area contributed by atoms with Crippen LogP contribution < -0.4 is 14.8 Å². The highest BCUT2D eigenvalue weighted by Crippen LogP contribution is 2.36. The zero-order valence-corrected chi connectivity index (χ0v) is 13.7. The minimum atomic E-state index is -0.402. The number of hydrogen-bond donors (Lipinski definition) is 1. The third-order valence-electron chi connectivity index (χ3n) is 3.73. The first kappa shape index (κ1) is 16.6. The Morgan fingerprint density at radius 2 is 2.23 bits per heavy atom. The summed E-state index contributed by atoms with van der Waals surface area (Å²) in [6.45, 7) is 7.51. The summed E-state index contributed by atoms with van der Waals surface area (Å²) in [5, 5.41) is 2.71. The van der Waals surface area contributed by atoms with E-state index in [2.05, 4.69) is 24.2 Å². The summed E-state index contributed by atoms with van der Waals surface area (Å²) in [6.07, 6.45) is 1.62. The van der Waals surface area contributed by atoms with Crippen LogP contribution in [0.15, 0.2) is 18.2 Å². The molecule has 1 aromatic carbocycles.